The third kappa shape index (κ3) is 7.11. The van der Waals surface area contributed by atoms with Gasteiger partial charge in [-0.2, -0.15) is 0 Å². The fraction of sp³-hybridized carbons (Fsp3) is 0.917. The van der Waals surface area contributed by atoms with E-state index in [1.54, 1.807) is 4.90 Å². The van der Waals surface area contributed by atoms with Crippen LogP contribution in [0.25, 0.3) is 0 Å². The monoisotopic (exact) mass is 470 g/mol. The second kappa shape index (κ2) is 9.16. The molecular formula is C24H46N2O5Si. The molecule has 8 heteroatoms. The molecule has 2 rings (SSSR count). The van der Waals surface area contributed by atoms with Crippen LogP contribution >= 0.6 is 0 Å². The lowest BCUT2D eigenvalue weighted by Crippen LogP contribution is -2.45. The Bertz CT molecular complexity index is 690. The number of rotatable bonds is 3. The van der Waals surface area contributed by atoms with Gasteiger partial charge >= 0.3 is 12.2 Å². The third-order valence-electron chi connectivity index (χ3n) is 6.62. The number of hydrogen-bond donors (Lipinski definition) is 0. The molecule has 0 aromatic carbocycles. The van der Waals surface area contributed by atoms with Gasteiger partial charge in [-0.05, 0) is 78.4 Å². The fourth-order valence-electron chi connectivity index (χ4n) is 4.08. The van der Waals surface area contributed by atoms with Crippen molar-refractivity contribution in [2.24, 2.45) is 5.92 Å². The molecule has 2 amide bonds. The highest BCUT2D eigenvalue weighted by molar-refractivity contribution is 6.74. The number of hydrogen-bond acceptors (Lipinski definition) is 5. The molecule has 7 nitrogen and oxygen atoms in total. The largest absolute Gasteiger partial charge is 0.444 e. The maximum Gasteiger partial charge on any atom is 0.410 e. The fourth-order valence-corrected chi connectivity index (χ4v) is 5.43. The first kappa shape index (κ1) is 27.0. The summed E-state index contributed by atoms with van der Waals surface area (Å²) in [4.78, 5) is 29.3. The lowest BCUT2D eigenvalue weighted by Gasteiger charge is -2.38. The molecule has 32 heavy (non-hydrogen) atoms. The second-order valence-corrected chi connectivity index (χ2v) is 17.7. The van der Waals surface area contributed by atoms with Gasteiger partial charge in [0.15, 0.2) is 8.32 Å². The Morgan fingerprint density at radius 1 is 0.844 bits per heavy atom. The SMILES string of the molecule is CC(C)(C)OC(=O)N1CCC([C@@H]2C[C@@H](O[Si](C)(C)C(C)(C)C)CN2C(=O)OC(C)(C)C)C1. The molecule has 0 saturated carbocycles. The summed E-state index contributed by atoms with van der Waals surface area (Å²) in [6.45, 7) is 24.3. The number of amides is 2. The molecule has 3 atom stereocenters. The Kier molecular flexibility index (Phi) is 7.72. The predicted molar refractivity (Wildman–Crippen MR) is 129 cm³/mol. The molecule has 0 N–H and O–H groups in total. The van der Waals surface area contributed by atoms with Crippen LogP contribution in [0.5, 0.6) is 0 Å². The van der Waals surface area contributed by atoms with Crippen LogP contribution in [0.2, 0.25) is 18.1 Å². The maximum atomic E-state index is 13.1. The standard InChI is InChI=1S/C24H46N2O5Si/c1-22(2,3)29-20(27)25-13-12-17(15-25)19-14-18(31-32(10,11)24(7,8)9)16-26(19)21(28)30-23(4,5)6/h17-19H,12-16H2,1-11H3/t17?,18-,19+/m1/s1. The molecule has 0 bridgehead atoms. The molecule has 0 radical (unpaired) electrons. The minimum Gasteiger partial charge on any atom is -0.444 e. The van der Waals surface area contributed by atoms with Crippen molar-refractivity contribution >= 4 is 20.5 Å². The molecular weight excluding hydrogens is 424 g/mol. The average Bonchev–Trinajstić information content (AvgIpc) is 3.16. The molecule has 0 aliphatic carbocycles. The van der Waals surface area contributed by atoms with Crippen molar-refractivity contribution in [1.82, 2.24) is 9.80 Å². The molecule has 0 spiro atoms. The topological polar surface area (TPSA) is 68.3 Å². The smallest absolute Gasteiger partial charge is 0.410 e. The summed E-state index contributed by atoms with van der Waals surface area (Å²) in [5, 5.41) is 0.0999. The maximum absolute atomic E-state index is 13.1. The lowest BCUT2D eigenvalue weighted by atomic mass is 9.96. The number of carbonyl (C=O) groups excluding carboxylic acids is 2. The Balaban J connectivity index is 2.16. The summed E-state index contributed by atoms with van der Waals surface area (Å²) in [6, 6.07) is -0.00736. The van der Waals surface area contributed by atoms with Crippen molar-refractivity contribution in [1.29, 1.82) is 0 Å². The second-order valence-electron chi connectivity index (χ2n) is 12.9. The summed E-state index contributed by atoms with van der Waals surface area (Å²) in [6.07, 6.45) is 1.04. The molecule has 2 fully saturated rings. The normalized spacial score (nSPS) is 25.3. The van der Waals surface area contributed by atoms with E-state index < -0.39 is 19.5 Å². The van der Waals surface area contributed by atoms with E-state index >= 15 is 0 Å². The molecule has 2 saturated heterocycles. The highest BCUT2D eigenvalue weighted by atomic mass is 28.4. The van der Waals surface area contributed by atoms with Crippen LogP contribution in [0, 0.1) is 5.92 Å². The van der Waals surface area contributed by atoms with Crippen molar-refractivity contribution in [3.8, 4) is 0 Å². The molecule has 2 aliphatic rings. The van der Waals surface area contributed by atoms with Gasteiger partial charge in [-0.15, -0.1) is 0 Å². The summed E-state index contributed by atoms with van der Waals surface area (Å²) in [5.41, 5.74) is -1.08. The van der Waals surface area contributed by atoms with Gasteiger partial charge in [0, 0.05) is 25.7 Å². The van der Waals surface area contributed by atoms with E-state index in [-0.39, 0.29) is 35.3 Å². The van der Waals surface area contributed by atoms with E-state index in [0.29, 0.717) is 19.6 Å². The van der Waals surface area contributed by atoms with Gasteiger partial charge in [-0.1, -0.05) is 20.8 Å². The van der Waals surface area contributed by atoms with Gasteiger partial charge < -0.3 is 23.7 Å². The van der Waals surface area contributed by atoms with Crippen LogP contribution in [-0.2, 0) is 13.9 Å². The molecule has 2 heterocycles. The molecule has 0 aromatic heterocycles. The number of nitrogens with zero attached hydrogens (tertiary/aromatic N) is 2. The van der Waals surface area contributed by atoms with E-state index in [1.807, 2.05) is 46.4 Å². The van der Waals surface area contributed by atoms with Crippen molar-refractivity contribution in [2.45, 2.75) is 117 Å². The Labute approximate surface area is 196 Å². The van der Waals surface area contributed by atoms with Gasteiger partial charge in [0.1, 0.15) is 11.2 Å². The van der Waals surface area contributed by atoms with E-state index in [2.05, 4.69) is 33.9 Å². The molecule has 0 aromatic rings. The summed E-state index contributed by atoms with van der Waals surface area (Å²) >= 11 is 0. The molecule has 2 aliphatic heterocycles. The first-order chi connectivity index (χ1) is 14.3. The first-order valence-corrected chi connectivity index (χ1v) is 14.9. The zero-order valence-corrected chi connectivity index (χ0v) is 23.2. The summed E-state index contributed by atoms with van der Waals surface area (Å²) < 4.78 is 18.0. The summed E-state index contributed by atoms with van der Waals surface area (Å²) in [7, 11) is -1.97. The quantitative estimate of drug-likeness (QED) is 0.499. The molecule has 1 unspecified atom stereocenters. The third-order valence-corrected chi connectivity index (χ3v) is 11.2. The highest BCUT2D eigenvalue weighted by Crippen LogP contribution is 2.40. The predicted octanol–water partition coefficient (Wildman–Crippen LogP) is 5.64. The van der Waals surface area contributed by atoms with Crippen LogP contribution in [0.3, 0.4) is 0 Å². The van der Waals surface area contributed by atoms with E-state index in [9.17, 15) is 9.59 Å². The van der Waals surface area contributed by atoms with Crippen LogP contribution < -0.4 is 0 Å². The first-order valence-electron chi connectivity index (χ1n) is 11.9. The number of ether oxygens (including phenoxy) is 2. The van der Waals surface area contributed by atoms with Gasteiger partial charge in [-0.25, -0.2) is 9.59 Å². The van der Waals surface area contributed by atoms with Gasteiger partial charge in [-0.3, -0.25) is 0 Å². The van der Waals surface area contributed by atoms with Crippen LogP contribution in [0.4, 0.5) is 9.59 Å². The van der Waals surface area contributed by atoms with Crippen LogP contribution in [0.15, 0.2) is 0 Å². The number of carbonyl (C=O) groups is 2. The lowest BCUT2D eigenvalue weighted by molar-refractivity contribution is 0.0159. The van der Waals surface area contributed by atoms with Crippen molar-refractivity contribution in [2.75, 3.05) is 19.6 Å². The van der Waals surface area contributed by atoms with E-state index in [4.69, 9.17) is 13.9 Å². The van der Waals surface area contributed by atoms with Crippen molar-refractivity contribution in [3.05, 3.63) is 0 Å². The highest BCUT2D eigenvalue weighted by Gasteiger charge is 2.48. The number of likely N-dealkylation sites (tertiary alicyclic amines) is 2. The van der Waals surface area contributed by atoms with Gasteiger partial charge in [0.25, 0.3) is 0 Å². The minimum absolute atomic E-state index is 0.00736. The summed E-state index contributed by atoms with van der Waals surface area (Å²) in [5.74, 6) is 0.183. The van der Waals surface area contributed by atoms with Crippen molar-refractivity contribution in [3.63, 3.8) is 0 Å². The Morgan fingerprint density at radius 3 is 1.88 bits per heavy atom. The van der Waals surface area contributed by atoms with Crippen LogP contribution in [-0.4, -0.2) is 73.3 Å². The van der Waals surface area contributed by atoms with Crippen molar-refractivity contribution < 1.29 is 23.5 Å². The van der Waals surface area contributed by atoms with E-state index in [0.717, 1.165) is 12.8 Å². The van der Waals surface area contributed by atoms with E-state index in [1.165, 1.54) is 0 Å². The van der Waals surface area contributed by atoms with Crippen LogP contribution in [0.1, 0.15) is 75.2 Å². The zero-order chi connectivity index (χ0) is 24.7. The van der Waals surface area contributed by atoms with Gasteiger partial charge in [0.05, 0.1) is 6.10 Å². The minimum atomic E-state index is -1.97. The average molecular weight is 471 g/mol. The Morgan fingerprint density at radius 2 is 1.38 bits per heavy atom. The zero-order valence-electron chi connectivity index (χ0n) is 22.2. The molecule has 186 valence electrons. The van der Waals surface area contributed by atoms with Gasteiger partial charge in [0.2, 0.25) is 0 Å². The Hall–Kier alpha value is -1.28.